The molecule has 1 atom stereocenters. The smallest absolute Gasteiger partial charge is 0.147 e. The summed E-state index contributed by atoms with van der Waals surface area (Å²) in [6.07, 6.45) is 0. The lowest BCUT2D eigenvalue weighted by Crippen LogP contribution is -2.44. The molecule has 1 aliphatic heterocycles. The van der Waals surface area contributed by atoms with Gasteiger partial charge >= 0.3 is 0 Å². The molecule has 0 radical (unpaired) electrons. The molecule has 1 aromatic rings. The first-order valence-electron chi connectivity index (χ1n) is 5.44. The summed E-state index contributed by atoms with van der Waals surface area (Å²) in [4.78, 5) is 6.61. The summed E-state index contributed by atoms with van der Waals surface area (Å²) >= 11 is 0. The standard InChI is InChI=1S/C12H15N3O/c1-9-3-4-11(7-13)12(14-9)15-5-6-16-8-10(15)2/h3-4,10H,5-6,8H2,1-2H3. The van der Waals surface area contributed by atoms with E-state index in [1.54, 1.807) is 0 Å². The number of pyridine rings is 1. The average Bonchev–Trinajstić information content (AvgIpc) is 2.29. The van der Waals surface area contributed by atoms with Crippen molar-refractivity contribution in [2.75, 3.05) is 24.7 Å². The maximum absolute atomic E-state index is 9.08. The largest absolute Gasteiger partial charge is 0.377 e. The molecular weight excluding hydrogens is 202 g/mol. The highest BCUT2D eigenvalue weighted by molar-refractivity contribution is 5.55. The van der Waals surface area contributed by atoms with E-state index in [1.165, 1.54) is 0 Å². The summed E-state index contributed by atoms with van der Waals surface area (Å²) < 4.78 is 5.38. The van der Waals surface area contributed by atoms with Crippen molar-refractivity contribution in [3.63, 3.8) is 0 Å². The molecule has 1 aromatic heterocycles. The predicted octanol–water partition coefficient (Wildman–Crippen LogP) is 1.49. The highest BCUT2D eigenvalue weighted by Gasteiger charge is 2.22. The highest BCUT2D eigenvalue weighted by atomic mass is 16.5. The Morgan fingerprint density at radius 1 is 1.56 bits per heavy atom. The minimum Gasteiger partial charge on any atom is -0.377 e. The quantitative estimate of drug-likeness (QED) is 0.715. The number of hydrogen-bond donors (Lipinski definition) is 0. The van der Waals surface area contributed by atoms with Gasteiger partial charge in [-0.15, -0.1) is 0 Å². The molecule has 2 heterocycles. The number of rotatable bonds is 1. The number of ether oxygens (including phenoxy) is 1. The summed E-state index contributed by atoms with van der Waals surface area (Å²) in [5.41, 5.74) is 1.58. The van der Waals surface area contributed by atoms with Gasteiger partial charge in [0.05, 0.1) is 24.8 Å². The van der Waals surface area contributed by atoms with Crippen LogP contribution < -0.4 is 4.90 Å². The summed E-state index contributed by atoms with van der Waals surface area (Å²) in [6, 6.07) is 6.17. The molecule has 0 aliphatic carbocycles. The number of morpholine rings is 1. The van der Waals surface area contributed by atoms with Gasteiger partial charge < -0.3 is 9.64 Å². The fraction of sp³-hybridized carbons (Fsp3) is 0.500. The number of nitriles is 1. The van der Waals surface area contributed by atoms with E-state index in [0.717, 1.165) is 18.1 Å². The molecule has 0 amide bonds. The van der Waals surface area contributed by atoms with Crippen molar-refractivity contribution in [3.8, 4) is 6.07 Å². The molecule has 4 nitrogen and oxygen atoms in total. The van der Waals surface area contributed by atoms with E-state index in [2.05, 4.69) is 22.9 Å². The number of hydrogen-bond acceptors (Lipinski definition) is 4. The summed E-state index contributed by atoms with van der Waals surface area (Å²) in [5, 5.41) is 9.08. The van der Waals surface area contributed by atoms with Crippen molar-refractivity contribution >= 4 is 5.82 Å². The van der Waals surface area contributed by atoms with E-state index in [4.69, 9.17) is 10.00 Å². The molecular formula is C12H15N3O. The third kappa shape index (κ3) is 2.00. The van der Waals surface area contributed by atoms with E-state index in [9.17, 15) is 0 Å². The first-order valence-corrected chi connectivity index (χ1v) is 5.44. The van der Waals surface area contributed by atoms with Crippen LogP contribution in [-0.2, 0) is 4.74 Å². The second-order valence-electron chi connectivity index (χ2n) is 4.05. The molecule has 0 saturated carbocycles. The van der Waals surface area contributed by atoms with Crippen LogP contribution in [0.25, 0.3) is 0 Å². The molecule has 16 heavy (non-hydrogen) atoms. The lowest BCUT2D eigenvalue weighted by atomic mass is 10.2. The van der Waals surface area contributed by atoms with Crippen LogP contribution in [0.5, 0.6) is 0 Å². The summed E-state index contributed by atoms with van der Waals surface area (Å²) in [5.74, 6) is 0.790. The van der Waals surface area contributed by atoms with E-state index >= 15 is 0 Å². The van der Waals surface area contributed by atoms with Crippen LogP contribution in [0.15, 0.2) is 12.1 Å². The molecule has 4 heteroatoms. The van der Waals surface area contributed by atoms with Gasteiger partial charge in [0, 0.05) is 12.2 Å². The Hall–Kier alpha value is -1.60. The van der Waals surface area contributed by atoms with E-state index < -0.39 is 0 Å². The van der Waals surface area contributed by atoms with Crippen LogP contribution in [-0.4, -0.2) is 30.8 Å². The topological polar surface area (TPSA) is 49.2 Å². The molecule has 0 N–H and O–H groups in total. The van der Waals surface area contributed by atoms with Gasteiger partial charge in [0.1, 0.15) is 11.9 Å². The molecule has 1 saturated heterocycles. The molecule has 2 rings (SSSR count). The fourth-order valence-electron chi connectivity index (χ4n) is 1.89. The molecule has 0 bridgehead atoms. The SMILES string of the molecule is Cc1ccc(C#N)c(N2CCOCC2C)n1. The minimum absolute atomic E-state index is 0.273. The van der Waals surface area contributed by atoms with Crippen molar-refractivity contribution in [1.29, 1.82) is 5.26 Å². The predicted molar refractivity (Wildman–Crippen MR) is 61.3 cm³/mol. The van der Waals surface area contributed by atoms with Gasteiger partial charge in [0.15, 0.2) is 0 Å². The maximum atomic E-state index is 9.08. The lowest BCUT2D eigenvalue weighted by Gasteiger charge is -2.34. The van der Waals surface area contributed by atoms with Gasteiger partial charge in [-0.2, -0.15) is 5.26 Å². The molecule has 1 fully saturated rings. The molecule has 84 valence electrons. The van der Waals surface area contributed by atoms with Gasteiger partial charge in [-0.3, -0.25) is 0 Å². The van der Waals surface area contributed by atoms with Crippen LogP contribution >= 0.6 is 0 Å². The second kappa shape index (κ2) is 4.50. The van der Waals surface area contributed by atoms with Crippen molar-refractivity contribution in [3.05, 3.63) is 23.4 Å². The van der Waals surface area contributed by atoms with Crippen molar-refractivity contribution < 1.29 is 4.74 Å². The van der Waals surface area contributed by atoms with Gasteiger partial charge in [0.2, 0.25) is 0 Å². The summed E-state index contributed by atoms with van der Waals surface area (Å²) in [6.45, 7) is 6.22. The Morgan fingerprint density at radius 3 is 3.06 bits per heavy atom. The second-order valence-corrected chi connectivity index (χ2v) is 4.05. The Labute approximate surface area is 95.5 Å². The van der Waals surface area contributed by atoms with Crippen molar-refractivity contribution in [2.45, 2.75) is 19.9 Å². The van der Waals surface area contributed by atoms with E-state index in [1.807, 2.05) is 19.1 Å². The highest BCUT2D eigenvalue weighted by Crippen LogP contribution is 2.21. The summed E-state index contributed by atoms with van der Waals surface area (Å²) in [7, 11) is 0. The number of anilines is 1. The number of nitrogens with zero attached hydrogens (tertiary/aromatic N) is 3. The third-order valence-electron chi connectivity index (χ3n) is 2.77. The van der Waals surface area contributed by atoms with Gasteiger partial charge in [-0.25, -0.2) is 4.98 Å². The number of aryl methyl sites for hydroxylation is 1. The minimum atomic E-state index is 0.273. The van der Waals surface area contributed by atoms with Crippen molar-refractivity contribution in [2.24, 2.45) is 0 Å². The van der Waals surface area contributed by atoms with Crippen LogP contribution in [0.1, 0.15) is 18.2 Å². The van der Waals surface area contributed by atoms with Crippen LogP contribution in [0.3, 0.4) is 0 Å². The molecule has 0 spiro atoms. The van der Waals surface area contributed by atoms with Gasteiger partial charge in [0.25, 0.3) is 0 Å². The van der Waals surface area contributed by atoms with Crippen molar-refractivity contribution in [1.82, 2.24) is 4.98 Å². The zero-order valence-electron chi connectivity index (χ0n) is 9.60. The zero-order valence-corrected chi connectivity index (χ0v) is 9.60. The zero-order chi connectivity index (χ0) is 11.5. The molecule has 1 unspecified atom stereocenters. The van der Waals surface area contributed by atoms with Crippen LogP contribution in [0, 0.1) is 18.3 Å². The molecule has 1 aliphatic rings. The van der Waals surface area contributed by atoms with Crippen LogP contribution in [0.2, 0.25) is 0 Å². The first-order chi connectivity index (χ1) is 7.72. The maximum Gasteiger partial charge on any atom is 0.147 e. The average molecular weight is 217 g/mol. The first kappa shape index (κ1) is 10.9. The normalized spacial score (nSPS) is 20.6. The Balaban J connectivity index is 2.38. The van der Waals surface area contributed by atoms with E-state index in [0.29, 0.717) is 18.8 Å². The lowest BCUT2D eigenvalue weighted by molar-refractivity contribution is 0.0985. The van der Waals surface area contributed by atoms with Gasteiger partial charge in [-0.05, 0) is 26.0 Å². The monoisotopic (exact) mass is 217 g/mol. The Morgan fingerprint density at radius 2 is 2.38 bits per heavy atom. The molecule has 0 aromatic carbocycles. The third-order valence-corrected chi connectivity index (χ3v) is 2.77. The Bertz CT molecular complexity index is 425. The fourth-order valence-corrected chi connectivity index (χ4v) is 1.89. The number of aromatic nitrogens is 1. The van der Waals surface area contributed by atoms with Gasteiger partial charge in [-0.1, -0.05) is 0 Å². The van der Waals surface area contributed by atoms with E-state index in [-0.39, 0.29) is 6.04 Å². The Kier molecular flexibility index (Phi) is 3.07. The van der Waals surface area contributed by atoms with Crippen LogP contribution in [0.4, 0.5) is 5.82 Å².